The first-order valence-corrected chi connectivity index (χ1v) is 9.57. The van der Waals surface area contributed by atoms with Gasteiger partial charge in [0.1, 0.15) is 5.82 Å². The van der Waals surface area contributed by atoms with Crippen LogP contribution in [0.4, 0.5) is 0 Å². The molecule has 0 radical (unpaired) electrons. The molecule has 0 saturated heterocycles. The average Bonchev–Trinajstić information content (AvgIpc) is 2.92. The SMILES string of the molecule is CCCCCCCCCSCCc1nc2ccccc2[nH]1. The molecule has 0 aliphatic rings. The van der Waals surface area contributed by atoms with Crippen molar-refractivity contribution in [2.24, 2.45) is 0 Å². The third-order valence-electron chi connectivity index (χ3n) is 3.81. The summed E-state index contributed by atoms with van der Waals surface area (Å²) in [6.07, 6.45) is 10.9. The summed E-state index contributed by atoms with van der Waals surface area (Å²) >= 11 is 2.07. The third kappa shape index (κ3) is 6.13. The van der Waals surface area contributed by atoms with Crippen LogP contribution in [-0.2, 0) is 6.42 Å². The number of para-hydroxylation sites is 2. The van der Waals surface area contributed by atoms with E-state index < -0.39 is 0 Å². The number of hydrogen-bond acceptors (Lipinski definition) is 2. The Labute approximate surface area is 133 Å². The maximum Gasteiger partial charge on any atom is 0.108 e. The number of fused-ring (bicyclic) bond motifs is 1. The van der Waals surface area contributed by atoms with E-state index in [1.807, 2.05) is 6.07 Å². The van der Waals surface area contributed by atoms with Gasteiger partial charge < -0.3 is 4.98 Å². The lowest BCUT2D eigenvalue weighted by Crippen LogP contribution is -1.92. The van der Waals surface area contributed by atoms with Gasteiger partial charge in [-0.3, -0.25) is 0 Å². The van der Waals surface area contributed by atoms with Gasteiger partial charge in [0.25, 0.3) is 0 Å². The summed E-state index contributed by atoms with van der Waals surface area (Å²) in [5.41, 5.74) is 2.24. The second kappa shape index (κ2) is 9.88. The lowest BCUT2D eigenvalue weighted by atomic mass is 10.1. The normalized spacial score (nSPS) is 11.3. The Hall–Kier alpha value is -0.960. The molecule has 0 fully saturated rings. The highest BCUT2D eigenvalue weighted by atomic mass is 32.2. The fourth-order valence-electron chi connectivity index (χ4n) is 2.56. The lowest BCUT2D eigenvalue weighted by molar-refractivity contribution is 0.603. The third-order valence-corrected chi connectivity index (χ3v) is 4.88. The maximum atomic E-state index is 4.62. The largest absolute Gasteiger partial charge is 0.342 e. The summed E-state index contributed by atoms with van der Waals surface area (Å²) in [4.78, 5) is 8.02. The summed E-state index contributed by atoms with van der Waals surface area (Å²) in [6.45, 7) is 2.28. The molecule has 3 heteroatoms. The number of nitrogens with zero attached hydrogens (tertiary/aromatic N) is 1. The van der Waals surface area contributed by atoms with E-state index in [4.69, 9.17) is 0 Å². The van der Waals surface area contributed by atoms with Gasteiger partial charge in [-0.15, -0.1) is 0 Å². The number of imidazole rings is 1. The first-order valence-electron chi connectivity index (χ1n) is 8.41. The van der Waals surface area contributed by atoms with Crippen LogP contribution in [0, 0.1) is 0 Å². The van der Waals surface area contributed by atoms with Crippen LogP contribution >= 0.6 is 11.8 Å². The summed E-state index contributed by atoms with van der Waals surface area (Å²) < 4.78 is 0. The van der Waals surface area contributed by atoms with Crippen molar-refractivity contribution in [2.45, 2.75) is 58.3 Å². The highest BCUT2D eigenvalue weighted by molar-refractivity contribution is 7.99. The van der Waals surface area contributed by atoms with Crippen molar-refractivity contribution in [3.05, 3.63) is 30.1 Å². The monoisotopic (exact) mass is 304 g/mol. The first-order chi connectivity index (χ1) is 10.4. The molecule has 0 aliphatic heterocycles. The van der Waals surface area contributed by atoms with E-state index in [1.54, 1.807) is 0 Å². The highest BCUT2D eigenvalue weighted by Gasteiger charge is 2.01. The van der Waals surface area contributed by atoms with E-state index in [0.717, 1.165) is 23.3 Å². The van der Waals surface area contributed by atoms with Gasteiger partial charge in [-0.25, -0.2) is 4.98 Å². The topological polar surface area (TPSA) is 28.7 Å². The molecule has 116 valence electrons. The van der Waals surface area contributed by atoms with Gasteiger partial charge >= 0.3 is 0 Å². The zero-order valence-electron chi connectivity index (χ0n) is 13.2. The minimum Gasteiger partial charge on any atom is -0.342 e. The van der Waals surface area contributed by atoms with Crippen LogP contribution in [-0.4, -0.2) is 21.5 Å². The Balaban J connectivity index is 1.50. The van der Waals surface area contributed by atoms with Crippen LogP contribution in [0.5, 0.6) is 0 Å². The van der Waals surface area contributed by atoms with Gasteiger partial charge in [0.2, 0.25) is 0 Å². The van der Waals surface area contributed by atoms with Crippen molar-refractivity contribution >= 4 is 22.8 Å². The fourth-order valence-corrected chi connectivity index (χ4v) is 3.51. The molecule has 0 bridgehead atoms. The Kier molecular flexibility index (Phi) is 7.72. The van der Waals surface area contributed by atoms with E-state index in [0.29, 0.717) is 0 Å². The number of benzene rings is 1. The molecule has 1 heterocycles. The van der Waals surface area contributed by atoms with Crippen molar-refractivity contribution in [2.75, 3.05) is 11.5 Å². The predicted molar refractivity (Wildman–Crippen MR) is 95.1 cm³/mol. The lowest BCUT2D eigenvalue weighted by Gasteiger charge is -2.01. The van der Waals surface area contributed by atoms with Crippen LogP contribution in [0.3, 0.4) is 0 Å². The molecule has 0 unspecified atom stereocenters. The summed E-state index contributed by atoms with van der Waals surface area (Å²) in [7, 11) is 0. The smallest absolute Gasteiger partial charge is 0.108 e. The molecule has 2 aromatic rings. The molecule has 0 saturated carbocycles. The Morgan fingerprint density at radius 3 is 2.52 bits per heavy atom. The second-order valence-electron chi connectivity index (χ2n) is 5.68. The van der Waals surface area contributed by atoms with Crippen LogP contribution in [0.25, 0.3) is 11.0 Å². The van der Waals surface area contributed by atoms with E-state index in [-0.39, 0.29) is 0 Å². The van der Waals surface area contributed by atoms with Crippen molar-refractivity contribution in [3.63, 3.8) is 0 Å². The molecule has 21 heavy (non-hydrogen) atoms. The highest BCUT2D eigenvalue weighted by Crippen LogP contribution is 2.14. The van der Waals surface area contributed by atoms with E-state index in [2.05, 4.69) is 46.9 Å². The quantitative estimate of drug-likeness (QED) is 0.548. The van der Waals surface area contributed by atoms with Crippen molar-refractivity contribution < 1.29 is 0 Å². The predicted octanol–water partition coefficient (Wildman–Crippen LogP) is 5.59. The van der Waals surface area contributed by atoms with Crippen molar-refractivity contribution in [3.8, 4) is 0 Å². The Morgan fingerprint density at radius 2 is 1.71 bits per heavy atom. The average molecular weight is 305 g/mol. The van der Waals surface area contributed by atoms with E-state index in [1.165, 1.54) is 56.5 Å². The molecule has 0 spiro atoms. The van der Waals surface area contributed by atoms with Crippen molar-refractivity contribution in [1.29, 1.82) is 0 Å². The summed E-state index contributed by atoms with van der Waals surface area (Å²) in [5.74, 6) is 3.60. The number of nitrogens with one attached hydrogen (secondary N) is 1. The van der Waals surface area contributed by atoms with Gasteiger partial charge in [0.05, 0.1) is 11.0 Å². The number of aryl methyl sites for hydroxylation is 1. The summed E-state index contributed by atoms with van der Waals surface area (Å²) in [6, 6.07) is 8.26. The van der Waals surface area contributed by atoms with Gasteiger partial charge in [0.15, 0.2) is 0 Å². The fraction of sp³-hybridized carbons (Fsp3) is 0.611. The van der Waals surface area contributed by atoms with Gasteiger partial charge in [-0.1, -0.05) is 57.6 Å². The number of thioether (sulfide) groups is 1. The minimum atomic E-state index is 1.05. The number of hydrogen-bond donors (Lipinski definition) is 1. The molecule has 0 aliphatic carbocycles. The number of H-pyrrole nitrogens is 1. The standard InChI is InChI=1S/C18H28N2S/c1-2-3-4-5-6-7-10-14-21-15-13-18-19-16-11-8-9-12-17(16)20-18/h8-9,11-12H,2-7,10,13-15H2,1H3,(H,19,20). The Morgan fingerprint density at radius 1 is 0.952 bits per heavy atom. The van der Waals surface area contributed by atoms with Gasteiger partial charge in [-0.2, -0.15) is 11.8 Å². The molecule has 2 nitrogen and oxygen atoms in total. The van der Waals surface area contributed by atoms with Crippen molar-refractivity contribution in [1.82, 2.24) is 9.97 Å². The number of unbranched alkanes of at least 4 members (excludes halogenated alkanes) is 6. The molecule has 2 rings (SSSR count). The van der Waals surface area contributed by atoms with Crippen LogP contribution in [0.1, 0.15) is 57.7 Å². The van der Waals surface area contributed by atoms with Gasteiger partial charge in [-0.05, 0) is 24.3 Å². The van der Waals surface area contributed by atoms with Crippen LogP contribution < -0.4 is 0 Å². The molecule has 1 N–H and O–H groups in total. The van der Waals surface area contributed by atoms with Crippen LogP contribution in [0.2, 0.25) is 0 Å². The maximum absolute atomic E-state index is 4.62. The molecular weight excluding hydrogens is 276 g/mol. The molecular formula is C18H28N2S. The minimum absolute atomic E-state index is 1.05. The number of aromatic amines is 1. The first kappa shape index (κ1) is 16.4. The molecule has 0 amide bonds. The zero-order valence-corrected chi connectivity index (χ0v) is 14.1. The molecule has 0 atom stereocenters. The van der Waals surface area contributed by atoms with E-state index in [9.17, 15) is 0 Å². The van der Waals surface area contributed by atoms with Crippen LogP contribution in [0.15, 0.2) is 24.3 Å². The number of rotatable bonds is 11. The van der Waals surface area contributed by atoms with Gasteiger partial charge in [0, 0.05) is 12.2 Å². The molecule has 1 aromatic heterocycles. The zero-order chi connectivity index (χ0) is 14.8. The molecule has 1 aromatic carbocycles. The van der Waals surface area contributed by atoms with E-state index >= 15 is 0 Å². The summed E-state index contributed by atoms with van der Waals surface area (Å²) in [5, 5.41) is 0. The Bertz CT molecular complexity index is 474. The number of aromatic nitrogens is 2. The second-order valence-corrected chi connectivity index (χ2v) is 6.91.